The fraction of sp³-hybridized carbons (Fsp3) is 0.278. The molecule has 0 aromatic heterocycles. The predicted octanol–water partition coefficient (Wildman–Crippen LogP) is 3.18. The van der Waals surface area contributed by atoms with Crippen LogP contribution in [0.5, 0.6) is 0 Å². The first-order valence-corrected chi connectivity index (χ1v) is 7.39. The summed E-state index contributed by atoms with van der Waals surface area (Å²) >= 11 is 0. The number of anilines is 2. The Hall–Kier alpha value is -2.29. The van der Waals surface area contributed by atoms with Gasteiger partial charge >= 0.3 is 0 Å². The Kier molecular flexibility index (Phi) is 3.65. The fourth-order valence-electron chi connectivity index (χ4n) is 3.00. The molecular weight excluding hydrogens is 260 g/mol. The first-order valence-electron chi connectivity index (χ1n) is 7.39. The van der Waals surface area contributed by atoms with E-state index in [4.69, 9.17) is 5.73 Å². The number of nitrogens with zero attached hydrogens (tertiary/aromatic N) is 1. The molecule has 1 atom stereocenters. The van der Waals surface area contributed by atoms with E-state index in [0.29, 0.717) is 6.42 Å². The van der Waals surface area contributed by atoms with Gasteiger partial charge < -0.3 is 10.6 Å². The quantitative estimate of drug-likeness (QED) is 0.878. The van der Waals surface area contributed by atoms with Gasteiger partial charge in [-0.1, -0.05) is 30.3 Å². The summed E-state index contributed by atoms with van der Waals surface area (Å²) in [6.07, 6.45) is 2.23. The van der Waals surface area contributed by atoms with Crippen LogP contribution in [0.25, 0.3) is 0 Å². The monoisotopic (exact) mass is 280 g/mol. The molecule has 0 saturated carbocycles. The van der Waals surface area contributed by atoms with Gasteiger partial charge in [-0.05, 0) is 49.1 Å². The van der Waals surface area contributed by atoms with Crippen molar-refractivity contribution in [3.8, 4) is 0 Å². The third kappa shape index (κ3) is 2.77. The molecule has 108 valence electrons. The second-order valence-electron chi connectivity index (χ2n) is 5.69. The van der Waals surface area contributed by atoms with E-state index in [1.54, 1.807) is 0 Å². The number of benzene rings is 2. The number of carbonyl (C=O) groups excluding carboxylic acids is 1. The van der Waals surface area contributed by atoms with Crippen LogP contribution in [0.15, 0.2) is 48.5 Å². The smallest absolute Gasteiger partial charge is 0.227 e. The molecule has 0 fully saturated rings. The SMILES string of the molecule is CC1Cc2ccccc2N1C(=O)CCc1ccc(N)cc1. The van der Waals surface area contributed by atoms with E-state index in [-0.39, 0.29) is 11.9 Å². The first kappa shape index (κ1) is 13.7. The van der Waals surface area contributed by atoms with E-state index in [1.807, 2.05) is 47.4 Å². The molecule has 2 aromatic rings. The van der Waals surface area contributed by atoms with Crippen LogP contribution in [0.2, 0.25) is 0 Å². The Morgan fingerprint density at radius 3 is 2.67 bits per heavy atom. The second kappa shape index (κ2) is 5.60. The van der Waals surface area contributed by atoms with Crippen molar-refractivity contribution < 1.29 is 4.79 Å². The molecule has 0 bridgehead atoms. The lowest BCUT2D eigenvalue weighted by Gasteiger charge is -2.22. The molecule has 3 heteroatoms. The lowest BCUT2D eigenvalue weighted by molar-refractivity contribution is -0.118. The zero-order chi connectivity index (χ0) is 14.8. The van der Waals surface area contributed by atoms with Crippen LogP contribution < -0.4 is 10.6 Å². The topological polar surface area (TPSA) is 46.3 Å². The van der Waals surface area contributed by atoms with Gasteiger partial charge in [-0.3, -0.25) is 4.79 Å². The predicted molar refractivity (Wildman–Crippen MR) is 86.3 cm³/mol. The Morgan fingerprint density at radius 2 is 1.90 bits per heavy atom. The molecule has 1 heterocycles. The highest BCUT2D eigenvalue weighted by Gasteiger charge is 2.29. The summed E-state index contributed by atoms with van der Waals surface area (Å²) in [5.41, 5.74) is 9.93. The summed E-state index contributed by atoms with van der Waals surface area (Å²) in [4.78, 5) is 14.5. The standard InChI is InChI=1S/C18H20N2O/c1-13-12-15-4-2-3-5-17(15)20(13)18(21)11-8-14-6-9-16(19)10-7-14/h2-7,9-10,13H,8,11-12,19H2,1H3. The summed E-state index contributed by atoms with van der Waals surface area (Å²) in [5, 5.41) is 0. The highest BCUT2D eigenvalue weighted by atomic mass is 16.2. The number of fused-ring (bicyclic) bond motifs is 1. The van der Waals surface area contributed by atoms with E-state index >= 15 is 0 Å². The second-order valence-corrected chi connectivity index (χ2v) is 5.69. The number of rotatable bonds is 3. The van der Waals surface area contributed by atoms with Crippen LogP contribution in [0.1, 0.15) is 24.5 Å². The first-order chi connectivity index (χ1) is 10.1. The Bertz CT molecular complexity index is 649. The molecule has 2 N–H and O–H groups in total. The highest BCUT2D eigenvalue weighted by Crippen LogP contribution is 2.32. The molecule has 1 amide bonds. The summed E-state index contributed by atoms with van der Waals surface area (Å²) < 4.78 is 0. The van der Waals surface area contributed by atoms with E-state index in [1.165, 1.54) is 5.56 Å². The fourth-order valence-corrected chi connectivity index (χ4v) is 3.00. The minimum atomic E-state index is 0.198. The van der Waals surface area contributed by atoms with Gasteiger partial charge in [0.2, 0.25) is 5.91 Å². The summed E-state index contributed by atoms with van der Waals surface area (Å²) in [7, 11) is 0. The highest BCUT2D eigenvalue weighted by molar-refractivity contribution is 5.96. The zero-order valence-corrected chi connectivity index (χ0v) is 12.3. The maximum atomic E-state index is 12.6. The molecule has 1 unspecified atom stereocenters. The van der Waals surface area contributed by atoms with Crippen LogP contribution in [0.3, 0.4) is 0 Å². The van der Waals surface area contributed by atoms with Crippen LogP contribution >= 0.6 is 0 Å². The van der Waals surface area contributed by atoms with Crippen molar-refractivity contribution in [2.45, 2.75) is 32.2 Å². The van der Waals surface area contributed by atoms with Gasteiger partial charge in [0.05, 0.1) is 0 Å². The normalized spacial score (nSPS) is 16.8. The van der Waals surface area contributed by atoms with Gasteiger partial charge in [0.15, 0.2) is 0 Å². The van der Waals surface area contributed by atoms with Crippen LogP contribution in [0, 0.1) is 0 Å². The van der Waals surface area contributed by atoms with Gasteiger partial charge in [0.1, 0.15) is 0 Å². The van der Waals surface area contributed by atoms with Crippen molar-refractivity contribution in [1.82, 2.24) is 0 Å². The number of aryl methyl sites for hydroxylation is 1. The van der Waals surface area contributed by atoms with Crippen molar-refractivity contribution in [2.75, 3.05) is 10.6 Å². The van der Waals surface area contributed by atoms with Crippen molar-refractivity contribution in [3.63, 3.8) is 0 Å². The average Bonchev–Trinajstić information content (AvgIpc) is 2.82. The molecular formula is C18H20N2O. The van der Waals surface area contributed by atoms with Crippen LogP contribution in [-0.2, 0) is 17.6 Å². The summed E-state index contributed by atoms with van der Waals surface area (Å²) in [6.45, 7) is 2.11. The van der Waals surface area contributed by atoms with Gasteiger partial charge in [0.25, 0.3) is 0 Å². The van der Waals surface area contributed by atoms with Crippen molar-refractivity contribution >= 4 is 17.3 Å². The summed E-state index contributed by atoms with van der Waals surface area (Å²) in [5.74, 6) is 0.198. The number of amides is 1. The molecule has 21 heavy (non-hydrogen) atoms. The van der Waals surface area contributed by atoms with E-state index in [9.17, 15) is 4.79 Å². The lowest BCUT2D eigenvalue weighted by atomic mass is 10.1. The Balaban J connectivity index is 1.70. The molecule has 0 saturated heterocycles. The third-order valence-electron chi connectivity index (χ3n) is 4.08. The van der Waals surface area contributed by atoms with Gasteiger partial charge in [-0.15, -0.1) is 0 Å². The third-order valence-corrected chi connectivity index (χ3v) is 4.08. The van der Waals surface area contributed by atoms with E-state index < -0.39 is 0 Å². The molecule has 3 nitrogen and oxygen atoms in total. The Morgan fingerprint density at radius 1 is 1.19 bits per heavy atom. The molecule has 2 aromatic carbocycles. The maximum Gasteiger partial charge on any atom is 0.227 e. The molecule has 0 radical (unpaired) electrons. The number of hydrogen-bond donors (Lipinski definition) is 1. The van der Waals surface area contributed by atoms with Gasteiger partial charge in [-0.2, -0.15) is 0 Å². The minimum Gasteiger partial charge on any atom is -0.399 e. The average molecular weight is 280 g/mol. The maximum absolute atomic E-state index is 12.6. The number of nitrogens with two attached hydrogens (primary N) is 1. The number of hydrogen-bond acceptors (Lipinski definition) is 2. The molecule has 1 aliphatic heterocycles. The van der Waals surface area contributed by atoms with E-state index in [2.05, 4.69) is 13.0 Å². The van der Waals surface area contributed by atoms with Crippen LogP contribution in [-0.4, -0.2) is 11.9 Å². The van der Waals surface area contributed by atoms with Crippen molar-refractivity contribution in [3.05, 3.63) is 59.7 Å². The molecule has 0 aliphatic carbocycles. The number of nitrogen functional groups attached to an aromatic ring is 1. The molecule has 3 rings (SSSR count). The largest absolute Gasteiger partial charge is 0.399 e. The lowest BCUT2D eigenvalue weighted by Crippen LogP contribution is -2.35. The van der Waals surface area contributed by atoms with Crippen molar-refractivity contribution in [2.24, 2.45) is 0 Å². The minimum absolute atomic E-state index is 0.198. The Labute approximate surface area is 125 Å². The van der Waals surface area contributed by atoms with Gasteiger partial charge in [-0.25, -0.2) is 0 Å². The van der Waals surface area contributed by atoms with Gasteiger partial charge in [0, 0.05) is 23.8 Å². The van der Waals surface area contributed by atoms with Crippen LogP contribution in [0.4, 0.5) is 11.4 Å². The van der Waals surface area contributed by atoms with Crippen molar-refractivity contribution in [1.29, 1.82) is 0 Å². The number of para-hydroxylation sites is 1. The van der Waals surface area contributed by atoms with E-state index in [0.717, 1.165) is 29.8 Å². The molecule has 0 spiro atoms. The summed E-state index contributed by atoms with van der Waals surface area (Å²) in [6, 6.07) is 16.2. The molecule has 1 aliphatic rings. The number of carbonyl (C=O) groups is 1. The zero-order valence-electron chi connectivity index (χ0n) is 12.3.